The first-order chi connectivity index (χ1) is 50.0. The summed E-state index contributed by atoms with van der Waals surface area (Å²) in [6.45, 7) is 7.25. The predicted molar refractivity (Wildman–Crippen MR) is 423 cm³/mol. The maximum absolute atomic E-state index is 13.1. The fourth-order valence-corrected chi connectivity index (χ4v) is 14.7. The molecule has 3 N–H and O–H groups in total. The Balaban J connectivity index is 5.18. The average Bonchev–Trinajstić information content (AvgIpc) is 0.915. The van der Waals surface area contributed by atoms with Gasteiger partial charge in [-0.2, -0.15) is 0 Å². The summed E-state index contributed by atoms with van der Waals surface area (Å²) in [4.78, 5) is 73.0. The van der Waals surface area contributed by atoms with Crippen LogP contribution in [0.4, 0.5) is 0 Å². The Hall–Kier alpha value is -1.94. The molecule has 0 heterocycles. The number of unbranched alkanes of at least 4 members (excludes halogenated alkanes) is 56. The molecule has 0 aliphatic rings. The number of phosphoric ester groups is 2. The van der Waals surface area contributed by atoms with Crippen LogP contribution >= 0.6 is 15.6 Å². The molecule has 0 aromatic carbocycles. The van der Waals surface area contributed by atoms with E-state index in [1.807, 2.05) is 0 Å². The molecule has 0 bridgehead atoms. The molecule has 0 spiro atoms. The van der Waals surface area contributed by atoms with Crippen LogP contribution in [0, 0.1) is 5.92 Å². The number of carbonyl (C=O) groups excluding carboxylic acids is 4. The Labute approximate surface area is 632 Å². The highest BCUT2D eigenvalue weighted by Crippen LogP contribution is 2.45. The maximum atomic E-state index is 13.1. The van der Waals surface area contributed by atoms with Gasteiger partial charge in [0.15, 0.2) is 12.2 Å². The van der Waals surface area contributed by atoms with Gasteiger partial charge >= 0.3 is 39.5 Å². The van der Waals surface area contributed by atoms with Crippen LogP contribution in [0.1, 0.15) is 452 Å². The van der Waals surface area contributed by atoms with E-state index in [1.54, 1.807) is 0 Å². The van der Waals surface area contributed by atoms with E-state index in [-0.39, 0.29) is 25.7 Å². The molecule has 5 atom stereocenters. The number of aliphatic hydroxyl groups is 1. The van der Waals surface area contributed by atoms with E-state index in [4.69, 9.17) is 37.0 Å². The minimum absolute atomic E-state index is 0.107. The molecular formula is C84H164O17P2. The van der Waals surface area contributed by atoms with E-state index in [1.165, 1.54) is 270 Å². The highest BCUT2D eigenvalue weighted by Gasteiger charge is 2.30. The smallest absolute Gasteiger partial charge is 0.462 e. The van der Waals surface area contributed by atoms with Gasteiger partial charge in [0.1, 0.15) is 19.3 Å². The third kappa shape index (κ3) is 78.0. The highest BCUT2D eigenvalue weighted by molar-refractivity contribution is 7.47. The summed E-state index contributed by atoms with van der Waals surface area (Å²) in [6, 6.07) is 0. The number of esters is 4. The quantitative estimate of drug-likeness (QED) is 0.0222. The second-order valence-electron chi connectivity index (χ2n) is 30.7. The van der Waals surface area contributed by atoms with E-state index in [2.05, 4.69) is 34.6 Å². The molecule has 0 radical (unpaired) electrons. The van der Waals surface area contributed by atoms with Crippen molar-refractivity contribution in [2.24, 2.45) is 5.92 Å². The normalized spacial score (nSPS) is 13.8. The van der Waals surface area contributed by atoms with Gasteiger partial charge in [-0.1, -0.05) is 401 Å². The number of aliphatic hydroxyl groups excluding tert-OH is 1. The van der Waals surface area contributed by atoms with Crippen LogP contribution in [-0.2, 0) is 65.4 Å². The van der Waals surface area contributed by atoms with Crippen LogP contribution in [-0.4, -0.2) is 96.7 Å². The lowest BCUT2D eigenvalue weighted by Crippen LogP contribution is -2.30. The Morgan fingerprint density at radius 3 is 0.660 bits per heavy atom. The summed E-state index contributed by atoms with van der Waals surface area (Å²) in [5.74, 6) is -1.43. The van der Waals surface area contributed by atoms with Crippen LogP contribution in [0.25, 0.3) is 0 Å². The van der Waals surface area contributed by atoms with Crippen molar-refractivity contribution in [3.05, 3.63) is 0 Å². The number of carbonyl (C=O) groups is 4. The lowest BCUT2D eigenvalue weighted by molar-refractivity contribution is -0.161. The number of rotatable bonds is 84. The Morgan fingerprint density at radius 2 is 0.447 bits per heavy atom. The number of hydrogen-bond donors (Lipinski definition) is 3. The lowest BCUT2D eigenvalue weighted by atomic mass is 10.0. The zero-order chi connectivity index (χ0) is 75.5. The van der Waals surface area contributed by atoms with Crippen LogP contribution in [0.15, 0.2) is 0 Å². The van der Waals surface area contributed by atoms with E-state index in [9.17, 15) is 43.2 Å². The standard InChI is InChI=1S/C84H164O17P2/c1-6-9-12-15-18-21-24-27-29-31-33-35-37-39-41-43-46-48-51-57-62-67-81(86)94-73-79(100-84(89)70-65-60-53-50-47-44-42-40-38-36-34-32-30-28-25-22-19-16-13-10-7-2)75-98-102(90,91)96-71-78(85)72-97-103(92,93)99-76-80(74-95-82(87)68-63-58-55-54-56-61-66-77(4)5)101-83(88)69-64-59-52-49-45-26-23-20-17-14-11-8-3/h77-80,85H,6-76H2,1-5H3,(H,90,91)(H,92,93)/t78-,79-,80-/m1/s1. The molecule has 103 heavy (non-hydrogen) atoms. The Morgan fingerprint density at radius 1 is 0.262 bits per heavy atom. The SMILES string of the molecule is CCCCCCCCCCCCCCCCCCCCCCCC(=O)OC[C@H](COP(=O)(O)OC[C@@H](O)COP(=O)(O)OC[C@@H](COC(=O)CCCCCCCCC(C)C)OC(=O)CCCCCCCCCCCCCC)OC(=O)CCCCCCCCCCCCCCCCCCCCCCC. The van der Waals surface area contributed by atoms with Gasteiger partial charge in [-0.15, -0.1) is 0 Å². The monoisotopic (exact) mass is 1510 g/mol. The summed E-state index contributed by atoms with van der Waals surface area (Å²) in [7, 11) is -9.92. The van der Waals surface area contributed by atoms with Crippen LogP contribution < -0.4 is 0 Å². The molecule has 0 rings (SSSR count). The third-order valence-corrected chi connectivity index (χ3v) is 21.7. The van der Waals surface area contributed by atoms with Crippen molar-refractivity contribution in [1.29, 1.82) is 0 Å². The largest absolute Gasteiger partial charge is 0.472 e. The van der Waals surface area contributed by atoms with Gasteiger partial charge in [-0.25, -0.2) is 9.13 Å². The topological polar surface area (TPSA) is 237 Å². The van der Waals surface area contributed by atoms with Crippen molar-refractivity contribution in [1.82, 2.24) is 0 Å². The second kappa shape index (κ2) is 76.8. The van der Waals surface area contributed by atoms with Crippen LogP contribution in [0.3, 0.4) is 0 Å². The third-order valence-electron chi connectivity index (χ3n) is 19.8. The predicted octanol–water partition coefficient (Wildman–Crippen LogP) is 25.6. The molecule has 0 fully saturated rings. The summed E-state index contributed by atoms with van der Waals surface area (Å²) in [5.41, 5.74) is 0. The highest BCUT2D eigenvalue weighted by atomic mass is 31.2. The Bertz CT molecular complexity index is 1960. The molecule has 612 valence electrons. The van der Waals surface area contributed by atoms with Crippen molar-refractivity contribution in [3.8, 4) is 0 Å². The zero-order valence-corrected chi connectivity index (χ0v) is 69.3. The number of hydrogen-bond acceptors (Lipinski definition) is 15. The minimum Gasteiger partial charge on any atom is -0.462 e. The first-order valence-electron chi connectivity index (χ1n) is 43.6. The molecule has 0 saturated carbocycles. The molecule has 2 unspecified atom stereocenters. The molecular weight excluding hydrogens is 1340 g/mol. The van der Waals surface area contributed by atoms with Crippen molar-refractivity contribution in [2.75, 3.05) is 39.6 Å². The average molecular weight is 1510 g/mol. The molecule has 0 aliphatic heterocycles. The summed E-state index contributed by atoms with van der Waals surface area (Å²) < 4.78 is 68.7. The van der Waals surface area contributed by atoms with E-state index in [0.29, 0.717) is 31.6 Å². The summed E-state index contributed by atoms with van der Waals surface area (Å²) in [6.07, 6.45) is 69.8. The summed E-state index contributed by atoms with van der Waals surface area (Å²) in [5, 5.41) is 10.6. The first kappa shape index (κ1) is 101. The maximum Gasteiger partial charge on any atom is 0.472 e. The van der Waals surface area contributed by atoms with Crippen molar-refractivity contribution < 1.29 is 80.2 Å². The van der Waals surface area contributed by atoms with E-state index in [0.717, 1.165) is 96.3 Å². The molecule has 0 saturated heterocycles. The van der Waals surface area contributed by atoms with Crippen LogP contribution in [0.2, 0.25) is 0 Å². The van der Waals surface area contributed by atoms with Gasteiger partial charge in [-0.05, 0) is 31.6 Å². The molecule has 0 aromatic rings. The van der Waals surface area contributed by atoms with Gasteiger partial charge < -0.3 is 33.8 Å². The van der Waals surface area contributed by atoms with Gasteiger partial charge in [0.25, 0.3) is 0 Å². The lowest BCUT2D eigenvalue weighted by Gasteiger charge is -2.21. The fourth-order valence-electron chi connectivity index (χ4n) is 13.1. The molecule has 0 aromatic heterocycles. The minimum atomic E-state index is -4.96. The molecule has 0 aliphatic carbocycles. The Kier molecular flexibility index (Phi) is 75.4. The molecule has 0 amide bonds. The van der Waals surface area contributed by atoms with Gasteiger partial charge in [-0.3, -0.25) is 37.3 Å². The van der Waals surface area contributed by atoms with E-state index < -0.39 is 97.5 Å². The van der Waals surface area contributed by atoms with Gasteiger partial charge in [0.05, 0.1) is 26.4 Å². The molecule has 17 nitrogen and oxygen atoms in total. The van der Waals surface area contributed by atoms with Crippen molar-refractivity contribution in [2.45, 2.75) is 470 Å². The van der Waals surface area contributed by atoms with Crippen LogP contribution in [0.5, 0.6) is 0 Å². The van der Waals surface area contributed by atoms with Gasteiger partial charge in [0.2, 0.25) is 0 Å². The molecule has 19 heteroatoms. The summed E-state index contributed by atoms with van der Waals surface area (Å²) >= 11 is 0. The fraction of sp³-hybridized carbons (Fsp3) is 0.952. The van der Waals surface area contributed by atoms with Crippen molar-refractivity contribution in [3.63, 3.8) is 0 Å². The van der Waals surface area contributed by atoms with Gasteiger partial charge in [0, 0.05) is 25.7 Å². The number of phosphoric acid groups is 2. The van der Waals surface area contributed by atoms with Crippen molar-refractivity contribution >= 4 is 39.5 Å². The van der Waals surface area contributed by atoms with E-state index >= 15 is 0 Å². The first-order valence-corrected chi connectivity index (χ1v) is 46.6. The number of ether oxygens (including phenoxy) is 4. The zero-order valence-electron chi connectivity index (χ0n) is 67.5. The second-order valence-corrected chi connectivity index (χ2v) is 33.6.